The lowest BCUT2D eigenvalue weighted by Crippen LogP contribution is -2.40. The summed E-state index contributed by atoms with van der Waals surface area (Å²) in [5, 5.41) is 4.97. The van der Waals surface area contributed by atoms with Crippen LogP contribution in [0.2, 0.25) is 0 Å². The number of benzene rings is 1. The lowest BCUT2D eigenvalue weighted by atomic mass is 9.71. The summed E-state index contributed by atoms with van der Waals surface area (Å²) in [4.78, 5) is 30.4. The molecule has 15 heteroatoms. The summed E-state index contributed by atoms with van der Waals surface area (Å²) in [7, 11) is -1.63. The number of rotatable bonds is 6. The number of alkyl halides is 3. The number of sulfone groups is 1. The lowest BCUT2D eigenvalue weighted by molar-refractivity contribution is -0.137. The maximum atomic E-state index is 13.3. The first kappa shape index (κ1) is 31.9. The van der Waals surface area contributed by atoms with E-state index in [2.05, 4.69) is 26.5 Å². The molecule has 5 rings (SSSR count). The van der Waals surface area contributed by atoms with Gasteiger partial charge in [-0.2, -0.15) is 18.3 Å². The van der Waals surface area contributed by atoms with Gasteiger partial charge in [0.1, 0.15) is 0 Å². The van der Waals surface area contributed by atoms with Crippen LogP contribution < -0.4 is 17.2 Å². The smallest absolute Gasteiger partial charge is 0.369 e. The number of halogens is 3. The molecule has 1 atom stereocenters. The van der Waals surface area contributed by atoms with E-state index in [0.29, 0.717) is 28.0 Å². The molecule has 0 bridgehead atoms. The van der Waals surface area contributed by atoms with E-state index in [4.69, 9.17) is 10.5 Å². The number of carbonyl (C=O) groups is 2. The van der Waals surface area contributed by atoms with E-state index in [-0.39, 0.29) is 17.9 Å². The number of hydrogen-bond donors (Lipinski definition) is 3. The molecule has 1 aliphatic rings. The highest BCUT2D eigenvalue weighted by Crippen LogP contribution is 2.41. The van der Waals surface area contributed by atoms with Gasteiger partial charge in [0.05, 0.1) is 34.3 Å². The van der Waals surface area contributed by atoms with E-state index in [1.54, 1.807) is 66.5 Å². The van der Waals surface area contributed by atoms with Gasteiger partial charge in [0.15, 0.2) is 15.5 Å². The van der Waals surface area contributed by atoms with Gasteiger partial charge in [-0.3, -0.25) is 14.5 Å². The summed E-state index contributed by atoms with van der Waals surface area (Å²) in [6.45, 7) is 0. The molecule has 3 aromatic heterocycles. The number of allylic oxidation sites excluding steroid dienone is 3. The van der Waals surface area contributed by atoms with Gasteiger partial charge in [-0.05, 0) is 46.9 Å². The van der Waals surface area contributed by atoms with E-state index in [1.807, 2.05) is 0 Å². The number of fused-ring (bicyclic) bond motifs is 1. The molecule has 230 valence electrons. The van der Waals surface area contributed by atoms with E-state index in [0.717, 1.165) is 35.5 Å². The molecule has 0 spiro atoms. The fraction of sp³-hybridized carbons (Fsp3) is 0.207. The minimum absolute atomic E-state index is 0.0209. The second-order valence-electron chi connectivity index (χ2n) is 10.2. The number of amides is 3. The van der Waals surface area contributed by atoms with Crippen molar-refractivity contribution < 1.29 is 31.2 Å². The minimum atomic E-state index is -4.53. The number of aryl methyl sites for hydroxylation is 1. The van der Waals surface area contributed by atoms with Crippen molar-refractivity contribution in [1.82, 2.24) is 19.7 Å². The lowest BCUT2D eigenvalue weighted by Gasteiger charge is -2.31. The van der Waals surface area contributed by atoms with E-state index in [9.17, 15) is 26.4 Å². The highest BCUT2D eigenvalue weighted by Gasteiger charge is 2.39. The summed E-state index contributed by atoms with van der Waals surface area (Å²) in [5.74, 6) is -0.906. The van der Waals surface area contributed by atoms with E-state index in [1.165, 1.54) is 0 Å². The first-order valence-corrected chi connectivity index (χ1v) is 14.9. The molecule has 3 amide bonds. The zero-order chi connectivity index (χ0) is 32.4. The Labute approximate surface area is 250 Å². The van der Waals surface area contributed by atoms with Gasteiger partial charge in [-0.25, -0.2) is 18.2 Å². The van der Waals surface area contributed by atoms with Crippen LogP contribution >= 0.6 is 0 Å². The van der Waals surface area contributed by atoms with Crippen molar-refractivity contribution in [2.24, 2.45) is 24.2 Å². The molecule has 6 N–H and O–H groups in total. The second-order valence-corrected chi connectivity index (χ2v) is 12.3. The molecule has 4 aromatic rings. The number of aromatic nitrogens is 4. The summed E-state index contributed by atoms with van der Waals surface area (Å²) in [5.41, 5.74) is 15.7. The Balaban J connectivity index is 0.00000104. The predicted octanol–water partition coefficient (Wildman–Crippen LogP) is 3.38. The average Bonchev–Trinajstić information content (AvgIpc) is 3.31. The van der Waals surface area contributed by atoms with Crippen LogP contribution in [0.25, 0.3) is 27.7 Å². The number of nitrogens with zero attached hydrogens (tertiary/aromatic N) is 4. The van der Waals surface area contributed by atoms with Crippen LogP contribution in [0.5, 0.6) is 0 Å². The monoisotopic (exact) mass is 627 g/mol. The first-order chi connectivity index (χ1) is 20.5. The van der Waals surface area contributed by atoms with Crippen molar-refractivity contribution in [3.8, 4) is 11.1 Å². The van der Waals surface area contributed by atoms with Crippen molar-refractivity contribution in [2.45, 2.75) is 23.8 Å². The Morgan fingerprint density at radius 3 is 2.32 bits per heavy atom. The van der Waals surface area contributed by atoms with Gasteiger partial charge in [0, 0.05) is 24.9 Å². The van der Waals surface area contributed by atoms with Gasteiger partial charge in [0.25, 0.3) is 0 Å². The normalized spacial score (nSPS) is 16.6. The van der Waals surface area contributed by atoms with Gasteiger partial charge in [-0.1, -0.05) is 42.5 Å². The van der Waals surface area contributed by atoms with Gasteiger partial charge >= 0.3 is 12.2 Å². The Bertz CT molecular complexity index is 1910. The number of nitrogens with two attached hydrogens (primary N) is 3. The molecule has 1 unspecified atom stereocenters. The Hall–Kier alpha value is -5.05. The third-order valence-electron chi connectivity index (χ3n) is 6.88. The molecular weight excluding hydrogens is 599 g/mol. The topological polar surface area (TPSA) is 190 Å². The van der Waals surface area contributed by atoms with Gasteiger partial charge in [0.2, 0.25) is 5.91 Å². The minimum Gasteiger partial charge on any atom is -0.369 e. The van der Waals surface area contributed by atoms with E-state index >= 15 is 0 Å². The van der Waals surface area contributed by atoms with Crippen LogP contribution in [-0.2, 0) is 39.0 Å². The third-order valence-corrected chi connectivity index (χ3v) is 7.70. The zero-order valence-electron chi connectivity index (χ0n) is 23.5. The predicted molar refractivity (Wildman–Crippen MR) is 158 cm³/mol. The van der Waals surface area contributed by atoms with Crippen LogP contribution in [0.15, 0.2) is 73.1 Å². The van der Waals surface area contributed by atoms with Crippen molar-refractivity contribution >= 4 is 38.4 Å². The standard InChI is InChI=1S/C28H24F3N5O3S.CH4N2O/c1-36-25-23(15-34-36)22(13-21(35-25)16-40(2,38)39)17-5-7-19(8-6-17)27(26(32)37)10-3-4-18(14-27)24-12-20(9-11-33-24)28(29,30)31;2-1(3)4/h3-13,15H,14,16H2,1-2H3,(H2,32,37);(H4,2,3,4). The molecule has 3 heterocycles. The molecule has 0 saturated carbocycles. The van der Waals surface area contributed by atoms with Crippen LogP contribution in [0, 0.1) is 0 Å². The second kappa shape index (κ2) is 11.9. The van der Waals surface area contributed by atoms with E-state index < -0.39 is 38.9 Å². The van der Waals surface area contributed by atoms with Crippen LogP contribution in [-0.4, -0.2) is 46.4 Å². The Morgan fingerprint density at radius 1 is 1.07 bits per heavy atom. The molecule has 0 saturated heterocycles. The summed E-state index contributed by atoms with van der Waals surface area (Å²) >= 11 is 0. The summed E-state index contributed by atoms with van der Waals surface area (Å²) < 4.78 is 65.3. The first-order valence-electron chi connectivity index (χ1n) is 12.9. The van der Waals surface area contributed by atoms with Crippen molar-refractivity contribution in [3.63, 3.8) is 0 Å². The third kappa shape index (κ3) is 6.94. The molecule has 44 heavy (non-hydrogen) atoms. The average molecular weight is 628 g/mol. The largest absolute Gasteiger partial charge is 0.416 e. The Morgan fingerprint density at radius 2 is 1.73 bits per heavy atom. The van der Waals surface area contributed by atoms with Crippen molar-refractivity contribution in [2.75, 3.05) is 6.26 Å². The maximum Gasteiger partial charge on any atom is 0.416 e. The fourth-order valence-electron chi connectivity index (χ4n) is 4.91. The SMILES string of the molecule is Cn1ncc2c(-c3ccc(C4(C(N)=O)C=CC=C(c5cc(C(F)(F)F)ccn5)C4)cc3)cc(CS(C)(=O)=O)nc21.NC(N)=O. The van der Waals surface area contributed by atoms with Crippen LogP contribution in [0.3, 0.4) is 0 Å². The van der Waals surface area contributed by atoms with Gasteiger partial charge < -0.3 is 17.2 Å². The number of primary amides is 3. The number of hydrogen-bond acceptors (Lipinski definition) is 7. The van der Waals surface area contributed by atoms with Crippen LogP contribution in [0.4, 0.5) is 18.0 Å². The molecule has 11 nitrogen and oxygen atoms in total. The molecule has 1 aliphatic carbocycles. The maximum absolute atomic E-state index is 13.3. The van der Waals surface area contributed by atoms with Crippen LogP contribution in [0.1, 0.15) is 28.9 Å². The highest BCUT2D eigenvalue weighted by molar-refractivity contribution is 7.89. The quantitative estimate of drug-likeness (QED) is 0.292. The molecule has 0 fully saturated rings. The summed E-state index contributed by atoms with van der Waals surface area (Å²) in [6.07, 6.45) is 4.21. The molecular formula is C29H28F3N7O4S. The number of carbonyl (C=O) groups excluding carboxylic acids is 2. The van der Waals surface area contributed by atoms with Crippen molar-refractivity contribution in [1.29, 1.82) is 0 Å². The number of pyridine rings is 2. The highest BCUT2D eigenvalue weighted by atomic mass is 32.2. The fourth-order valence-corrected chi connectivity index (χ4v) is 5.60. The summed E-state index contributed by atoms with van der Waals surface area (Å²) in [6, 6.07) is 9.72. The van der Waals surface area contributed by atoms with Crippen molar-refractivity contribution in [3.05, 3.63) is 95.6 Å². The van der Waals surface area contributed by atoms with Gasteiger partial charge in [-0.15, -0.1) is 0 Å². The Kier molecular flexibility index (Phi) is 8.63. The zero-order valence-corrected chi connectivity index (χ0v) is 24.4. The molecule has 1 aromatic carbocycles. The molecule has 0 radical (unpaired) electrons. The molecule has 0 aliphatic heterocycles. The number of urea groups is 1.